The summed E-state index contributed by atoms with van der Waals surface area (Å²) in [5.74, 6) is 0. The SMILES string of the molecule is CC1(C)COP(=S)(SC(=O)c2ccccc2)OC1. The Hall–Kier alpha value is -0.190. The molecule has 6 heteroatoms. The van der Waals surface area contributed by atoms with Crippen LogP contribution in [0.5, 0.6) is 0 Å². The molecule has 0 amide bonds. The number of carbonyl (C=O) groups excluding carboxylic acids is 1. The first-order chi connectivity index (χ1) is 8.40. The Kier molecular flexibility index (Phi) is 4.29. The normalized spacial score (nSPS) is 21.4. The molecule has 0 bridgehead atoms. The summed E-state index contributed by atoms with van der Waals surface area (Å²) >= 11 is 6.36. The van der Waals surface area contributed by atoms with E-state index < -0.39 is 5.69 Å². The van der Waals surface area contributed by atoms with E-state index in [-0.39, 0.29) is 10.5 Å². The number of carbonyl (C=O) groups is 1. The number of hydrogen-bond donors (Lipinski definition) is 0. The molecule has 0 spiro atoms. The van der Waals surface area contributed by atoms with E-state index in [1.165, 1.54) is 0 Å². The van der Waals surface area contributed by atoms with Gasteiger partial charge in [0.1, 0.15) is 0 Å². The molecule has 0 saturated carbocycles. The molecule has 1 aromatic carbocycles. The minimum atomic E-state index is -2.51. The first kappa shape index (κ1) is 14.2. The largest absolute Gasteiger partial charge is 0.321 e. The molecular formula is C12H15O3PS2. The molecule has 0 atom stereocenters. The Morgan fingerprint density at radius 3 is 2.39 bits per heavy atom. The summed E-state index contributed by atoms with van der Waals surface area (Å²) in [5.41, 5.74) is -1.92. The van der Waals surface area contributed by atoms with Crippen LogP contribution >= 0.6 is 17.1 Å². The predicted octanol–water partition coefficient (Wildman–Crippen LogP) is 3.86. The lowest BCUT2D eigenvalue weighted by Gasteiger charge is -2.35. The second-order valence-electron chi connectivity index (χ2n) is 4.90. The van der Waals surface area contributed by atoms with Crippen molar-refractivity contribution in [3.05, 3.63) is 35.9 Å². The van der Waals surface area contributed by atoms with E-state index in [0.29, 0.717) is 18.8 Å². The molecule has 0 aromatic heterocycles. The quantitative estimate of drug-likeness (QED) is 0.775. The van der Waals surface area contributed by atoms with Gasteiger partial charge in [0, 0.05) is 22.4 Å². The van der Waals surface area contributed by atoms with E-state index in [1.807, 2.05) is 18.2 Å². The van der Waals surface area contributed by atoms with Gasteiger partial charge in [-0.25, -0.2) is 0 Å². The number of benzene rings is 1. The number of rotatable bonds is 2. The van der Waals surface area contributed by atoms with Crippen LogP contribution in [0.15, 0.2) is 30.3 Å². The Morgan fingerprint density at radius 2 is 1.83 bits per heavy atom. The van der Waals surface area contributed by atoms with E-state index in [9.17, 15) is 4.79 Å². The summed E-state index contributed by atoms with van der Waals surface area (Å²) in [6.07, 6.45) is 0. The molecule has 0 N–H and O–H groups in total. The van der Waals surface area contributed by atoms with Crippen molar-refractivity contribution in [2.75, 3.05) is 13.2 Å². The van der Waals surface area contributed by atoms with Crippen molar-refractivity contribution in [3.8, 4) is 0 Å². The van der Waals surface area contributed by atoms with Gasteiger partial charge in [0.05, 0.1) is 13.2 Å². The maximum absolute atomic E-state index is 12.0. The van der Waals surface area contributed by atoms with Crippen LogP contribution in [0.4, 0.5) is 0 Å². The van der Waals surface area contributed by atoms with Crippen molar-refractivity contribution in [3.63, 3.8) is 0 Å². The van der Waals surface area contributed by atoms with Crippen LogP contribution in [-0.4, -0.2) is 18.3 Å². The molecule has 0 radical (unpaired) electrons. The Bertz CT molecular complexity index is 473. The Morgan fingerprint density at radius 1 is 1.28 bits per heavy atom. The highest BCUT2D eigenvalue weighted by Crippen LogP contribution is 2.64. The highest BCUT2D eigenvalue weighted by Gasteiger charge is 2.35. The van der Waals surface area contributed by atoms with E-state index in [2.05, 4.69) is 13.8 Å². The third-order valence-electron chi connectivity index (χ3n) is 2.43. The van der Waals surface area contributed by atoms with Gasteiger partial charge in [0.15, 0.2) is 0 Å². The lowest BCUT2D eigenvalue weighted by atomic mass is 9.97. The molecule has 98 valence electrons. The number of hydrogen-bond acceptors (Lipinski definition) is 5. The maximum Gasteiger partial charge on any atom is 0.255 e. The van der Waals surface area contributed by atoms with Gasteiger partial charge in [-0.15, -0.1) is 0 Å². The van der Waals surface area contributed by atoms with Crippen LogP contribution in [0.2, 0.25) is 0 Å². The minimum absolute atomic E-state index is 0.0291. The fraction of sp³-hybridized carbons (Fsp3) is 0.417. The third-order valence-corrected chi connectivity index (χ3v) is 7.05. The van der Waals surface area contributed by atoms with Gasteiger partial charge in [-0.1, -0.05) is 44.2 Å². The molecular weight excluding hydrogens is 287 g/mol. The fourth-order valence-electron chi connectivity index (χ4n) is 1.37. The van der Waals surface area contributed by atoms with Crippen molar-refractivity contribution in [2.24, 2.45) is 5.41 Å². The van der Waals surface area contributed by atoms with Crippen LogP contribution in [0.25, 0.3) is 0 Å². The van der Waals surface area contributed by atoms with Gasteiger partial charge in [-0.3, -0.25) is 4.79 Å². The zero-order chi connectivity index (χ0) is 13.2. The molecule has 1 fully saturated rings. The first-order valence-corrected chi connectivity index (χ1v) is 9.64. The monoisotopic (exact) mass is 302 g/mol. The molecule has 2 rings (SSSR count). The van der Waals surface area contributed by atoms with Crippen molar-refractivity contribution in [1.82, 2.24) is 0 Å². The Labute approximate surface area is 116 Å². The van der Waals surface area contributed by atoms with Gasteiger partial charge >= 0.3 is 0 Å². The van der Waals surface area contributed by atoms with E-state index in [4.69, 9.17) is 20.9 Å². The second-order valence-corrected chi connectivity index (χ2v) is 11.0. The fourth-order valence-corrected chi connectivity index (χ4v) is 5.49. The summed E-state index contributed by atoms with van der Waals surface area (Å²) in [6, 6.07) is 9.06. The van der Waals surface area contributed by atoms with Crippen molar-refractivity contribution in [2.45, 2.75) is 13.8 Å². The Balaban J connectivity index is 2.02. The molecule has 0 aliphatic carbocycles. The molecule has 1 aromatic rings. The van der Waals surface area contributed by atoms with Gasteiger partial charge in [0.25, 0.3) is 5.69 Å². The third kappa shape index (κ3) is 3.65. The maximum atomic E-state index is 12.0. The van der Waals surface area contributed by atoms with Crippen LogP contribution in [0.1, 0.15) is 24.2 Å². The van der Waals surface area contributed by atoms with Crippen LogP contribution < -0.4 is 0 Å². The zero-order valence-corrected chi connectivity index (χ0v) is 12.8. The van der Waals surface area contributed by atoms with Crippen molar-refractivity contribution < 1.29 is 13.8 Å². The van der Waals surface area contributed by atoms with Crippen molar-refractivity contribution in [1.29, 1.82) is 0 Å². The molecule has 1 aliphatic rings. The average Bonchev–Trinajstić information content (AvgIpc) is 2.35. The summed E-state index contributed by atoms with van der Waals surface area (Å²) < 4.78 is 11.2. The lowest BCUT2D eigenvalue weighted by Crippen LogP contribution is -2.28. The summed E-state index contributed by atoms with van der Waals surface area (Å²) in [4.78, 5) is 12.0. The van der Waals surface area contributed by atoms with E-state index in [1.54, 1.807) is 12.1 Å². The smallest absolute Gasteiger partial charge is 0.255 e. The molecule has 1 heterocycles. The van der Waals surface area contributed by atoms with Gasteiger partial charge in [-0.05, 0) is 11.8 Å². The van der Waals surface area contributed by atoms with Crippen LogP contribution in [0.3, 0.4) is 0 Å². The van der Waals surface area contributed by atoms with E-state index in [0.717, 1.165) is 11.4 Å². The zero-order valence-electron chi connectivity index (χ0n) is 10.3. The van der Waals surface area contributed by atoms with Gasteiger partial charge < -0.3 is 9.05 Å². The molecule has 18 heavy (non-hydrogen) atoms. The average molecular weight is 302 g/mol. The summed E-state index contributed by atoms with van der Waals surface area (Å²) in [6.45, 7) is 5.18. The summed E-state index contributed by atoms with van der Waals surface area (Å²) in [5, 5.41) is -0.0846. The van der Waals surface area contributed by atoms with Crippen LogP contribution in [0, 0.1) is 5.41 Å². The predicted molar refractivity (Wildman–Crippen MR) is 78.3 cm³/mol. The standard InChI is InChI=1S/C12H15O3PS2/c1-12(2)8-14-16(17,15-9-12)18-11(13)10-6-4-3-5-7-10/h3-7H,8-9H2,1-2H3. The lowest BCUT2D eigenvalue weighted by molar-refractivity contribution is 0.0671. The van der Waals surface area contributed by atoms with Gasteiger partial charge in [-0.2, -0.15) is 0 Å². The first-order valence-electron chi connectivity index (χ1n) is 5.58. The topological polar surface area (TPSA) is 35.5 Å². The summed E-state index contributed by atoms with van der Waals surface area (Å²) in [7, 11) is 0. The molecule has 1 aliphatic heterocycles. The minimum Gasteiger partial charge on any atom is -0.321 e. The van der Waals surface area contributed by atoms with Crippen LogP contribution in [-0.2, 0) is 20.9 Å². The highest BCUT2D eigenvalue weighted by atomic mass is 32.9. The van der Waals surface area contributed by atoms with Gasteiger partial charge in [0.2, 0.25) is 5.12 Å². The van der Waals surface area contributed by atoms with Crippen molar-refractivity contribution >= 4 is 34.0 Å². The molecule has 0 unspecified atom stereocenters. The molecule has 1 saturated heterocycles. The molecule has 3 nitrogen and oxygen atoms in total. The second kappa shape index (κ2) is 5.43. The van der Waals surface area contributed by atoms with E-state index >= 15 is 0 Å². The highest BCUT2D eigenvalue weighted by molar-refractivity contribution is 8.73.